The summed E-state index contributed by atoms with van der Waals surface area (Å²) < 4.78 is 0. The third kappa shape index (κ3) is 2.35. The predicted molar refractivity (Wildman–Crippen MR) is 59.7 cm³/mol. The van der Waals surface area contributed by atoms with Crippen molar-refractivity contribution in [1.82, 2.24) is 0 Å². The van der Waals surface area contributed by atoms with Gasteiger partial charge < -0.3 is 5.11 Å². The zero-order valence-electron chi connectivity index (χ0n) is 9.67. The van der Waals surface area contributed by atoms with E-state index in [0.717, 1.165) is 18.3 Å². The Morgan fingerprint density at radius 3 is 2.40 bits per heavy atom. The van der Waals surface area contributed by atoms with Crippen LogP contribution in [0.5, 0.6) is 0 Å². The van der Waals surface area contributed by atoms with Gasteiger partial charge in [0.15, 0.2) is 0 Å². The largest absolute Gasteiger partial charge is 0.481 e. The molecule has 0 aromatic rings. The molecule has 86 valence electrons. The molecule has 2 rings (SSSR count). The van der Waals surface area contributed by atoms with Crippen molar-refractivity contribution in [3.63, 3.8) is 0 Å². The maximum Gasteiger partial charge on any atom is 0.303 e. The van der Waals surface area contributed by atoms with E-state index in [1.807, 2.05) is 0 Å². The van der Waals surface area contributed by atoms with Crippen molar-refractivity contribution in [2.24, 2.45) is 17.3 Å². The summed E-state index contributed by atoms with van der Waals surface area (Å²) in [6, 6.07) is 0. The minimum Gasteiger partial charge on any atom is -0.481 e. The Hall–Kier alpha value is -0.530. The highest BCUT2D eigenvalue weighted by atomic mass is 16.4. The Balaban J connectivity index is 2.08. The van der Waals surface area contributed by atoms with Gasteiger partial charge in [0.1, 0.15) is 0 Å². The predicted octanol–water partition coefficient (Wildman–Crippen LogP) is 3.46. The lowest BCUT2D eigenvalue weighted by Crippen LogP contribution is -2.37. The monoisotopic (exact) mass is 210 g/mol. The van der Waals surface area contributed by atoms with Crippen molar-refractivity contribution in [3.8, 4) is 0 Å². The third-order valence-corrected chi connectivity index (χ3v) is 4.61. The van der Waals surface area contributed by atoms with E-state index in [4.69, 9.17) is 5.11 Å². The summed E-state index contributed by atoms with van der Waals surface area (Å²) in [7, 11) is 0. The lowest BCUT2D eigenvalue weighted by atomic mass is 9.59. The van der Waals surface area contributed by atoms with Gasteiger partial charge in [-0.2, -0.15) is 0 Å². The second-order valence-corrected chi connectivity index (χ2v) is 5.73. The van der Waals surface area contributed by atoms with E-state index in [-0.39, 0.29) is 5.41 Å². The zero-order valence-corrected chi connectivity index (χ0v) is 9.67. The standard InChI is InChI=1S/C13H22O2/c1-2-13(9-12(14)15)7-10-4-3-5-11(6-10)8-13/h10-11H,2-9H2,1H3,(H,14,15). The van der Waals surface area contributed by atoms with Crippen LogP contribution in [0.25, 0.3) is 0 Å². The van der Waals surface area contributed by atoms with Crippen LogP contribution in [0.3, 0.4) is 0 Å². The molecule has 2 unspecified atom stereocenters. The fraction of sp³-hybridized carbons (Fsp3) is 0.923. The molecule has 0 aliphatic heterocycles. The molecule has 0 aromatic heterocycles. The normalized spacial score (nSPS) is 40.1. The number of carbonyl (C=O) groups is 1. The molecule has 2 heteroatoms. The summed E-state index contributed by atoms with van der Waals surface area (Å²) in [5.74, 6) is 1.06. The van der Waals surface area contributed by atoms with Gasteiger partial charge in [-0.1, -0.05) is 26.2 Å². The van der Waals surface area contributed by atoms with Crippen LogP contribution in [0.4, 0.5) is 0 Å². The molecule has 0 saturated heterocycles. The van der Waals surface area contributed by atoms with Gasteiger partial charge in [0, 0.05) is 0 Å². The highest BCUT2D eigenvalue weighted by Crippen LogP contribution is 2.51. The number of carboxylic acids is 1. The molecule has 2 atom stereocenters. The molecule has 0 amide bonds. The van der Waals surface area contributed by atoms with Crippen LogP contribution in [0.15, 0.2) is 0 Å². The first kappa shape index (κ1) is 11.0. The van der Waals surface area contributed by atoms with Crippen molar-refractivity contribution < 1.29 is 9.90 Å². The van der Waals surface area contributed by atoms with E-state index in [1.54, 1.807) is 0 Å². The van der Waals surface area contributed by atoms with Crippen molar-refractivity contribution in [1.29, 1.82) is 0 Å². The highest BCUT2D eigenvalue weighted by molar-refractivity contribution is 5.67. The Morgan fingerprint density at radius 2 is 1.93 bits per heavy atom. The molecular weight excluding hydrogens is 188 g/mol. The van der Waals surface area contributed by atoms with Crippen molar-refractivity contribution in [2.45, 2.75) is 58.3 Å². The van der Waals surface area contributed by atoms with Gasteiger partial charge in [0.2, 0.25) is 0 Å². The lowest BCUT2D eigenvalue weighted by molar-refractivity contribution is -0.141. The summed E-state index contributed by atoms with van der Waals surface area (Å²) >= 11 is 0. The average molecular weight is 210 g/mol. The number of aliphatic carboxylic acids is 1. The quantitative estimate of drug-likeness (QED) is 0.774. The van der Waals surface area contributed by atoms with Gasteiger partial charge in [-0.25, -0.2) is 0 Å². The molecule has 0 radical (unpaired) electrons. The van der Waals surface area contributed by atoms with Crippen molar-refractivity contribution in [2.75, 3.05) is 0 Å². The fourth-order valence-corrected chi connectivity index (χ4v) is 3.96. The molecule has 0 heterocycles. The molecule has 2 nitrogen and oxygen atoms in total. The molecule has 2 fully saturated rings. The number of carboxylic acid groups (broad SMARTS) is 1. The summed E-state index contributed by atoms with van der Waals surface area (Å²) in [4.78, 5) is 11.0. The molecule has 0 spiro atoms. The first-order chi connectivity index (χ1) is 7.13. The smallest absolute Gasteiger partial charge is 0.303 e. The second kappa shape index (κ2) is 4.15. The van der Waals surface area contributed by atoms with E-state index in [9.17, 15) is 4.79 Å². The van der Waals surface area contributed by atoms with E-state index in [1.165, 1.54) is 38.5 Å². The Morgan fingerprint density at radius 1 is 1.33 bits per heavy atom. The fourth-order valence-electron chi connectivity index (χ4n) is 3.96. The van der Waals surface area contributed by atoms with Gasteiger partial charge in [-0.15, -0.1) is 0 Å². The van der Waals surface area contributed by atoms with E-state index >= 15 is 0 Å². The Labute approximate surface area is 92.1 Å². The van der Waals surface area contributed by atoms with Crippen LogP contribution in [0.2, 0.25) is 0 Å². The second-order valence-electron chi connectivity index (χ2n) is 5.73. The lowest BCUT2D eigenvalue weighted by Gasteiger charge is -2.46. The van der Waals surface area contributed by atoms with Crippen molar-refractivity contribution >= 4 is 5.97 Å². The Bertz CT molecular complexity index is 235. The molecular formula is C13H22O2. The maximum atomic E-state index is 11.0. The van der Waals surface area contributed by atoms with Gasteiger partial charge in [-0.3, -0.25) is 4.79 Å². The number of hydrogen-bond donors (Lipinski definition) is 1. The van der Waals surface area contributed by atoms with E-state index < -0.39 is 5.97 Å². The summed E-state index contributed by atoms with van der Waals surface area (Å²) in [5.41, 5.74) is 0.139. The molecule has 0 aromatic carbocycles. The molecule has 2 saturated carbocycles. The average Bonchev–Trinajstić information content (AvgIpc) is 2.16. The number of hydrogen-bond acceptors (Lipinski definition) is 1. The molecule has 15 heavy (non-hydrogen) atoms. The van der Waals surface area contributed by atoms with Crippen LogP contribution in [-0.2, 0) is 4.79 Å². The van der Waals surface area contributed by atoms with Crippen LogP contribution >= 0.6 is 0 Å². The Kier molecular flexibility index (Phi) is 3.03. The minimum absolute atomic E-state index is 0.139. The molecule has 2 aliphatic carbocycles. The molecule has 2 aliphatic rings. The van der Waals surface area contributed by atoms with Gasteiger partial charge in [0.05, 0.1) is 6.42 Å². The maximum absolute atomic E-state index is 11.0. The number of rotatable bonds is 3. The third-order valence-electron chi connectivity index (χ3n) is 4.61. The minimum atomic E-state index is -0.600. The summed E-state index contributed by atoms with van der Waals surface area (Å²) in [6.45, 7) is 2.17. The first-order valence-corrected chi connectivity index (χ1v) is 6.35. The van der Waals surface area contributed by atoms with Gasteiger partial charge in [-0.05, 0) is 42.9 Å². The van der Waals surface area contributed by atoms with Crippen molar-refractivity contribution in [3.05, 3.63) is 0 Å². The summed E-state index contributed by atoms with van der Waals surface area (Å²) in [5, 5.41) is 9.03. The SMILES string of the molecule is CCC1(CC(=O)O)CC2CCCC(C2)C1. The topological polar surface area (TPSA) is 37.3 Å². The number of fused-ring (bicyclic) bond motifs is 2. The van der Waals surface area contributed by atoms with Gasteiger partial charge >= 0.3 is 5.97 Å². The summed E-state index contributed by atoms with van der Waals surface area (Å²) in [6.07, 6.45) is 9.24. The van der Waals surface area contributed by atoms with E-state index in [2.05, 4.69) is 6.92 Å². The molecule has 2 bridgehead atoms. The van der Waals surface area contributed by atoms with Crippen LogP contribution < -0.4 is 0 Å². The zero-order chi connectivity index (χ0) is 10.9. The highest BCUT2D eigenvalue weighted by Gasteiger charge is 2.42. The molecule has 1 N–H and O–H groups in total. The van der Waals surface area contributed by atoms with Gasteiger partial charge in [0.25, 0.3) is 0 Å². The van der Waals surface area contributed by atoms with Crippen LogP contribution in [-0.4, -0.2) is 11.1 Å². The van der Waals surface area contributed by atoms with E-state index in [0.29, 0.717) is 6.42 Å². The van der Waals surface area contributed by atoms with Crippen LogP contribution in [0.1, 0.15) is 58.3 Å². The first-order valence-electron chi connectivity index (χ1n) is 6.35. The van der Waals surface area contributed by atoms with Crippen LogP contribution in [0, 0.1) is 17.3 Å².